The molecule has 34 heavy (non-hydrogen) atoms. The van der Waals surface area contributed by atoms with Gasteiger partial charge >= 0.3 is 13.0 Å². The van der Waals surface area contributed by atoms with Gasteiger partial charge in [-0.2, -0.15) is 11.8 Å². The predicted octanol–water partition coefficient (Wildman–Crippen LogP) is 3.61. The monoisotopic (exact) mass is 510 g/mol. The molecule has 1 amide bonds. The first-order chi connectivity index (χ1) is 16.0. The van der Waals surface area contributed by atoms with Crippen molar-refractivity contribution in [2.45, 2.75) is 70.4 Å². The number of hydrogen-bond donors (Lipinski definition) is 2. The Morgan fingerprint density at radius 2 is 2.09 bits per heavy atom. The lowest BCUT2D eigenvalue weighted by atomic mass is 9.81. The Labute approximate surface area is 213 Å². The van der Waals surface area contributed by atoms with Crippen LogP contribution in [-0.4, -0.2) is 77.2 Å². The van der Waals surface area contributed by atoms with E-state index in [9.17, 15) is 14.6 Å². The quantitative estimate of drug-likeness (QED) is 0.326. The van der Waals surface area contributed by atoms with Crippen molar-refractivity contribution in [3.63, 3.8) is 0 Å². The van der Waals surface area contributed by atoms with Crippen LogP contribution in [0.1, 0.15) is 61.5 Å². The number of amides is 1. The van der Waals surface area contributed by atoms with Crippen molar-refractivity contribution < 1.29 is 24.1 Å². The van der Waals surface area contributed by atoms with E-state index in [-0.39, 0.29) is 22.7 Å². The zero-order valence-electron chi connectivity index (χ0n) is 21.4. The minimum atomic E-state index is -0.681. The maximum Gasteiger partial charge on any atom is 0.377 e. The molecule has 1 saturated heterocycles. The van der Waals surface area contributed by atoms with E-state index in [4.69, 9.17) is 9.47 Å². The molecule has 0 spiro atoms. The third kappa shape index (κ3) is 7.65. The fraction of sp³-hybridized carbons (Fsp3) is 0.667. The van der Waals surface area contributed by atoms with Gasteiger partial charge in [0, 0.05) is 17.4 Å². The number of thioether (sulfide) groups is 2. The van der Waals surface area contributed by atoms with E-state index in [2.05, 4.69) is 24.0 Å². The second-order valence-corrected chi connectivity index (χ2v) is 12.0. The normalized spacial score (nSPS) is 18.7. The molecule has 2 unspecified atom stereocenters. The maximum atomic E-state index is 13.2. The largest absolute Gasteiger partial charge is 0.467 e. The Bertz CT molecular complexity index is 838. The Morgan fingerprint density at radius 3 is 2.68 bits per heavy atom. The van der Waals surface area contributed by atoms with Gasteiger partial charge in [-0.1, -0.05) is 26.0 Å². The third-order valence-corrected chi connectivity index (χ3v) is 8.12. The molecule has 2 atom stereocenters. The molecule has 0 radical (unpaired) electrons. The molecule has 2 N–H and O–H groups in total. The number of nitrogens with one attached hydrogen (secondary N) is 1. The molecule has 7 nitrogen and oxygen atoms in total. The van der Waals surface area contributed by atoms with Gasteiger partial charge in [0.05, 0.1) is 25.2 Å². The van der Waals surface area contributed by atoms with Gasteiger partial charge in [0.1, 0.15) is 6.04 Å². The van der Waals surface area contributed by atoms with Crippen LogP contribution >= 0.6 is 23.5 Å². The van der Waals surface area contributed by atoms with Crippen LogP contribution in [-0.2, 0) is 20.9 Å². The molecule has 1 aromatic carbocycles. The summed E-state index contributed by atoms with van der Waals surface area (Å²) in [6.07, 6.45) is 2.47. The van der Waals surface area contributed by atoms with E-state index >= 15 is 0 Å². The summed E-state index contributed by atoms with van der Waals surface area (Å²) in [5, 5.41) is 13.1. The smallest absolute Gasteiger partial charge is 0.377 e. The maximum absolute atomic E-state index is 13.2. The Balaban J connectivity index is 2.11. The predicted molar refractivity (Wildman–Crippen MR) is 142 cm³/mol. The van der Waals surface area contributed by atoms with Crippen molar-refractivity contribution in [1.82, 2.24) is 10.1 Å². The van der Waals surface area contributed by atoms with Crippen molar-refractivity contribution in [2.24, 2.45) is 0 Å². The van der Waals surface area contributed by atoms with E-state index in [0.717, 1.165) is 22.6 Å². The first-order valence-electron chi connectivity index (χ1n) is 11.7. The standard InChI is InChI=1S/C24H39BN2O5S2/c1-16(2)19-9-8-17(13-32-14-18-15-34-24(3,4)27(18)25(5)30)12-20(19)22(28)26-21(10-11-33-7)23(29)31-6/h8-9,12,16,18,21,30H,10-11,13-15H2,1-7H3,(H,26,28). The van der Waals surface area contributed by atoms with Crippen molar-refractivity contribution in [3.8, 4) is 0 Å². The van der Waals surface area contributed by atoms with Gasteiger partial charge in [-0.3, -0.25) is 9.61 Å². The molecule has 1 aliphatic rings. The highest BCUT2D eigenvalue weighted by Crippen LogP contribution is 2.39. The molecule has 0 saturated carbocycles. The van der Waals surface area contributed by atoms with Gasteiger partial charge in [0.15, 0.2) is 0 Å². The van der Waals surface area contributed by atoms with E-state index in [1.54, 1.807) is 18.6 Å². The third-order valence-electron chi connectivity index (χ3n) is 6.01. The van der Waals surface area contributed by atoms with Crippen molar-refractivity contribution in [3.05, 3.63) is 34.9 Å². The van der Waals surface area contributed by atoms with Gasteiger partial charge < -0.3 is 19.8 Å². The number of methoxy groups -OCH3 is 1. The summed E-state index contributed by atoms with van der Waals surface area (Å²) in [4.78, 5) is 27.3. The minimum Gasteiger partial charge on any atom is -0.467 e. The Hall–Kier alpha value is -1.20. The Morgan fingerprint density at radius 1 is 1.38 bits per heavy atom. The fourth-order valence-corrected chi connectivity index (χ4v) is 6.13. The lowest BCUT2D eigenvalue weighted by Crippen LogP contribution is -2.52. The molecule has 0 bridgehead atoms. The van der Waals surface area contributed by atoms with Crippen LogP contribution in [0.25, 0.3) is 0 Å². The highest BCUT2D eigenvalue weighted by atomic mass is 32.2. The number of esters is 1. The first-order valence-corrected chi connectivity index (χ1v) is 14.1. The Kier molecular flexibility index (Phi) is 11.3. The van der Waals surface area contributed by atoms with E-state index in [1.165, 1.54) is 7.11 Å². The molecule has 0 aliphatic carbocycles. The lowest BCUT2D eigenvalue weighted by Gasteiger charge is -2.35. The summed E-state index contributed by atoms with van der Waals surface area (Å²) >= 11 is 3.43. The molecule has 1 aliphatic heterocycles. The molecule has 0 aromatic heterocycles. The van der Waals surface area contributed by atoms with Crippen molar-refractivity contribution in [1.29, 1.82) is 0 Å². The molecular weight excluding hydrogens is 471 g/mol. The zero-order valence-corrected chi connectivity index (χ0v) is 23.1. The summed E-state index contributed by atoms with van der Waals surface area (Å²) in [6.45, 7) is 10.9. The molecular formula is C24H39BN2O5S2. The van der Waals surface area contributed by atoms with Crippen LogP contribution in [0, 0.1) is 0 Å². The summed E-state index contributed by atoms with van der Waals surface area (Å²) in [5.74, 6) is 1.06. The molecule has 2 rings (SSSR count). The summed E-state index contributed by atoms with van der Waals surface area (Å²) in [5.41, 5.74) is 2.36. The number of nitrogens with zero attached hydrogens (tertiary/aromatic N) is 1. The topological polar surface area (TPSA) is 88.1 Å². The van der Waals surface area contributed by atoms with Crippen molar-refractivity contribution >= 4 is 42.5 Å². The van der Waals surface area contributed by atoms with E-state index in [1.807, 2.05) is 50.1 Å². The van der Waals surface area contributed by atoms with Crippen LogP contribution in [0.5, 0.6) is 0 Å². The number of hydrogen-bond acceptors (Lipinski definition) is 8. The lowest BCUT2D eigenvalue weighted by molar-refractivity contribution is -0.142. The van der Waals surface area contributed by atoms with Gasteiger partial charge in [-0.05, 0) is 62.2 Å². The summed E-state index contributed by atoms with van der Waals surface area (Å²) < 4.78 is 10.9. The van der Waals surface area contributed by atoms with Crippen LogP contribution < -0.4 is 5.32 Å². The average molecular weight is 511 g/mol. The number of carbonyl (C=O) groups excluding carboxylic acids is 2. The molecule has 1 aromatic rings. The number of rotatable bonds is 12. The fourth-order valence-electron chi connectivity index (χ4n) is 4.35. The highest BCUT2D eigenvalue weighted by Gasteiger charge is 2.43. The number of carbonyl (C=O) groups is 2. The molecule has 1 fully saturated rings. The van der Waals surface area contributed by atoms with Crippen LogP contribution in [0.3, 0.4) is 0 Å². The van der Waals surface area contributed by atoms with Gasteiger partial charge in [-0.15, -0.1) is 11.8 Å². The molecule has 190 valence electrons. The average Bonchev–Trinajstić information content (AvgIpc) is 3.09. The van der Waals surface area contributed by atoms with Gasteiger partial charge in [-0.25, -0.2) is 4.79 Å². The second-order valence-electron chi connectivity index (χ2n) is 9.37. The molecule has 1 heterocycles. The van der Waals surface area contributed by atoms with Crippen LogP contribution in [0.2, 0.25) is 6.82 Å². The van der Waals surface area contributed by atoms with Crippen LogP contribution in [0.15, 0.2) is 18.2 Å². The summed E-state index contributed by atoms with van der Waals surface area (Å²) in [6, 6.07) is 5.24. The molecule has 10 heteroatoms. The summed E-state index contributed by atoms with van der Waals surface area (Å²) in [7, 11) is 0.786. The van der Waals surface area contributed by atoms with E-state index in [0.29, 0.717) is 25.2 Å². The number of ether oxygens (including phenoxy) is 2. The second kappa shape index (κ2) is 13.2. The van der Waals surface area contributed by atoms with Crippen LogP contribution in [0.4, 0.5) is 0 Å². The van der Waals surface area contributed by atoms with E-state index < -0.39 is 19.1 Å². The first kappa shape index (κ1) is 29.0. The van der Waals surface area contributed by atoms with Gasteiger partial charge in [0.25, 0.3) is 5.91 Å². The minimum absolute atomic E-state index is 0.120. The zero-order chi connectivity index (χ0) is 25.5. The SMILES string of the molecule is COC(=O)C(CCSC)NC(=O)c1cc(COCC2CSC(C)(C)N2B(C)O)ccc1C(C)C. The van der Waals surface area contributed by atoms with Crippen molar-refractivity contribution in [2.75, 3.05) is 31.5 Å². The highest BCUT2D eigenvalue weighted by molar-refractivity contribution is 8.00. The number of benzene rings is 1. The van der Waals surface area contributed by atoms with Gasteiger partial charge in [0.2, 0.25) is 0 Å².